The molecule has 17 heavy (non-hydrogen) atoms. The van der Waals surface area contributed by atoms with Crippen LogP contribution in [0, 0.1) is 5.92 Å². The predicted molar refractivity (Wildman–Crippen MR) is 65.9 cm³/mol. The van der Waals surface area contributed by atoms with Crippen LogP contribution in [0.1, 0.15) is 20.8 Å². The second-order valence-corrected chi connectivity index (χ2v) is 4.79. The third kappa shape index (κ3) is 6.78. The summed E-state index contributed by atoms with van der Waals surface area (Å²) in [5.41, 5.74) is 0. The Morgan fingerprint density at radius 1 is 1.18 bits per heavy atom. The van der Waals surface area contributed by atoms with Gasteiger partial charge in [-0.15, -0.1) is 0 Å². The summed E-state index contributed by atoms with van der Waals surface area (Å²) >= 11 is 0. The smallest absolute Gasteiger partial charge is 0.325 e. The number of carboxylic acid groups (broad SMARTS) is 1. The van der Waals surface area contributed by atoms with E-state index < -0.39 is 18.0 Å². The van der Waals surface area contributed by atoms with Crippen LogP contribution in [0.5, 0.6) is 0 Å². The first kappa shape index (κ1) is 15.7. The Labute approximate surface area is 102 Å². The van der Waals surface area contributed by atoms with Crippen molar-refractivity contribution < 1.29 is 14.7 Å². The highest BCUT2D eigenvalue weighted by Gasteiger charge is 2.19. The Bertz CT molecular complexity index is 267. The van der Waals surface area contributed by atoms with Gasteiger partial charge >= 0.3 is 12.0 Å². The monoisotopic (exact) mass is 245 g/mol. The maximum Gasteiger partial charge on any atom is 0.325 e. The van der Waals surface area contributed by atoms with Gasteiger partial charge in [0.25, 0.3) is 0 Å². The van der Waals surface area contributed by atoms with Crippen molar-refractivity contribution in [3.05, 3.63) is 0 Å². The molecule has 3 N–H and O–H groups in total. The van der Waals surface area contributed by atoms with Gasteiger partial charge in [0.1, 0.15) is 6.04 Å². The van der Waals surface area contributed by atoms with E-state index in [1.807, 2.05) is 32.8 Å². The topological polar surface area (TPSA) is 81.7 Å². The number of rotatable bonds is 6. The third-order valence-electron chi connectivity index (χ3n) is 2.40. The molecule has 0 aliphatic carbocycles. The van der Waals surface area contributed by atoms with Crippen LogP contribution in [0.2, 0.25) is 0 Å². The van der Waals surface area contributed by atoms with E-state index in [-0.39, 0.29) is 12.0 Å². The summed E-state index contributed by atoms with van der Waals surface area (Å²) in [4.78, 5) is 24.1. The summed E-state index contributed by atoms with van der Waals surface area (Å²) < 4.78 is 0. The van der Waals surface area contributed by atoms with Crippen LogP contribution in [0.3, 0.4) is 0 Å². The van der Waals surface area contributed by atoms with Crippen molar-refractivity contribution in [2.45, 2.75) is 32.9 Å². The van der Waals surface area contributed by atoms with Gasteiger partial charge in [0.2, 0.25) is 0 Å². The molecular formula is C11H23N3O3. The fourth-order valence-corrected chi connectivity index (χ4v) is 1.28. The van der Waals surface area contributed by atoms with E-state index in [0.717, 1.165) is 0 Å². The van der Waals surface area contributed by atoms with Crippen LogP contribution in [-0.4, -0.2) is 54.7 Å². The van der Waals surface area contributed by atoms with Crippen LogP contribution >= 0.6 is 0 Å². The van der Waals surface area contributed by atoms with E-state index in [1.54, 1.807) is 0 Å². The summed E-state index contributed by atoms with van der Waals surface area (Å²) in [6.45, 7) is 6.16. The number of nitrogens with zero attached hydrogens (tertiary/aromatic N) is 1. The number of amides is 2. The van der Waals surface area contributed by atoms with Gasteiger partial charge in [0.15, 0.2) is 0 Å². The SMILES string of the molecule is CC(NC(=O)NC(CN(C)C)C(C)C)C(=O)O. The van der Waals surface area contributed by atoms with E-state index in [2.05, 4.69) is 10.6 Å². The number of urea groups is 1. The fourth-order valence-electron chi connectivity index (χ4n) is 1.28. The molecular weight excluding hydrogens is 222 g/mol. The predicted octanol–water partition coefficient (Wildman–Crippen LogP) is 0.345. The van der Waals surface area contributed by atoms with E-state index in [0.29, 0.717) is 6.54 Å². The molecule has 2 unspecified atom stereocenters. The summed E-state index contributed by atoms with van der Waals surface area (Å²) in [6.07, 6.45) is 0. The van der Waals surface area contributed by atoms with Crippen molar-refractivity contribution in [3.8, 4) is 0 Å². The summed E-state index contributed by atoms with van der Waals surface area (Å²) in [5.74, 6) is -0.767. The van der Waals surface area contributed by atoms with Crippen molar-refractivity contribution in [1.82, 2.24) is 15.5 Å². The second kappa shape index (κ2) is 7.11. The zero-order valence-corrected chi connectivity index (χ0v) is 11.2. The number of hydrogen-bond donors (Lipinski definition) is 3. The average Bonchev–Trinajstić information content (AvgIpc) is 2.15. The molecule has 2 amide bonds. The molecule has 0 aromatic rings. The van der Waals surface area contributed by atoms with Crippen LogP contribution in [0.4, 0.5) is 4.79 Å². The number of carboxylic acids is 1. The van der Waals surface area contributed by atoms with E-state index >= 15 is 0 Å². The van der Waals surface area contributed by atoms with Gasteiger partial charge in [-0.3, -0.25) is 4.79 Å². The lowest BCUT2D eigenvalue weighted by Crippen LogP contribution is -2.52. The fraction of sp³-hybridized carbons (Fsp3) is 0.818. The highest BCUT2D eigenvalue weighted by molar-refractivity contribution is 5.82. The van der Waals surface area contributed by atoms with Crippen molar-refractivity contribution in [1.29, 1.82) is 0 Å². The minimum absolute atomic E-state index is 0.00834. The lowest BCUT2D eigenvalue weighted by molar-refractivity contribution is -0.138. The van der Waals surface area contributed by atoms with Crippen LogP contribution in [0.15, 0.2) is 0 Å². The Hall–Kier alpha value is -1.30. The van der Waals surface area contributed by atoms with Crippen molar-refractivity contribution in [2.24, 2.45) is 5.92 Å². The Kier molecular flexibility index (Phi) is 6.57. The average molecular weight is 245 g/mol. The summed E-state index contributed by atoms with van der Waals surface area (Å²) in [6, 6.07) is -1.34. The minimum atomic E-state index is -1.05. The van der Waals surface area contributed by atoms with Crippen molar-refractivity contribution >= 4 is 12.0 Å². The molecule has 0 fully saturated rings. The molecule has 0 spiro atoms. The quantitative estimate of drug-likeness (QED) is 0.630. The molecule has 0 heterocycles. The lowest BCUT2D eigenvalue weighted by Gasteiger charge is -2.26. The van der Waals surface area contributed by atoms with Gasteiger partial charge in [-0.25, -0.2) is 4.79 Å². The number of carbonyl (C=O) groups is 2. The van der Waals surface area contributed by atoms with Gasteiger partial charge in [0, 0.05) is 12.6 Å². The molecule has 0 saturated carbocycles. The zero-order valence-electron chi connectivity index (χ0n) is 11.2. The van der Waals surface area contributed by atoms with Gasteiger partial charge in [-0.1, -0.05) is 13.8 Å². The second-order valence-electron chi connectivity index (χ2n) is 4.79. The number of hydrogen-bond acceptors (Lipinski definition) is 3. The maximum absolute atomic E-state index is 11.6. The molecule has 0 aliphatic rings. The number of likely N-dealkylation sites (N-methyl/N-ethyl adjacent to an activating group) is 1. The van der Waals surface area contributed by atoms with Crippen LogP contribution < -0.4 is 10.6 Å². The normalized spacial score (nSPS) is 14.5. The highest BCUT2D eigenvalue weighted by atomic mass is 16.4. The van der Waals surface area contributed by atoms with Gasteiger partial charge in [-0.05, 0) is 26.9 Å². The Balaban J connectivity index is 4.26. The van der Waals surface area contributed by atoms with Crippen LogP contribution in [0.25, 0.3) is 0 Å². The standard InChI is InChI=1S/C11H23N3O3/c1-7(2)9(6-14(4)5)13-11(17)12-8(3)10(15)16/h7-9H,6H2,1-5H3,(H,15,16)(H2,12,13,17). The molecule has 0 aliphatic heterocycles. The lowest BCUT2D eigenvalue weighted by atomic mass is 10.0. The third-order valence-corrected chi connectivity index (χ3v) is 2.40. The first-order valence-corrected chi connectivity index (χ1v) is 5.68. The van der Waals surface area contributed by atoms with Gasteiger partial charge in [0.05, 0.1) is 0 Å². The molecule has 0 aromatic heterocycles. The van der Waals surface area contributed by atoms with Crippen LogP contribution in [-0.2, 0) is 4.79 Å². The molecule has 100 valence electrons. The van der Waals surface area contributed by atoms with Gasteiger partial charge in [-0.2, -0.15) is 0 Å². The summed E-state index contributed by atoms with van der Waals surface area (Å²) in [5, 5.41) is 13.8. The molecule has 0 bridgehead atoms. The Morgan fingerprint density at radius 3 is 2.06 bits per heavy atom. The first-order valence-electron chi connectivity index (χ1n) is 5.68. The van der Waals surface area contributed by atoms with Gasteiger partial charge < -0.3 is 20.6 Å². The number of aliphatic carboxylic acids is 1. The first-order chi connectivity index (χ1) is 7.73. The summed E-state index contributed by atoms with van der Waals surface area (Å²) in [7, 11) is 3.85. The largest absolute Gasteiger partial charge is 0.480 e. The molecule has 6 nitrogen and oxygen atoms in total. The molecule has 0 rings (SSSR count). The van der Waals surface area contributed by atoms with E-state index in [9.17, 15) is 9.59 Å². The highest BCUT2D eigenvalue weighted by Crippen LogP contribution is 2.02. The van der Waals surface area contributed by atoms with Crippen molar-refractivity contribution in [3.63, 3.8) is 0 Å². The molecule has 0 radical (unpaired) electrons. The maximum atomic E-state index is 11.6. The number of carbonyl (C=O) groups excluding carboxylic acids is 1. The minimum Gasteiger partial charge on any atom is -0.480 e. The number of nitrogens with one attached hydrogen (secondary N) is 2. The van der Waals surface area contributed by atoms with E-state index in [4.69, 9.17) is 5.11 Å². The zero-order chi connectivity index (χ0) is 13.6. The molecule has 0 aromatic carbocycles. The Morgan fingerprint density at radius 2 is 1.71 bits per heavy atom. The molecule has 2 atom stereocenters. The van der Waals surface area contributed by atoms with E-state index in [1.165, 1.54) is 6.92 Å². The molecule has 6 heteroatoms. The molecule has 0 saturated heterocycles. The van der Waals surface area contributed by atoms with Crippen molar-refractivity contribution in [2.75, 3.05) is 20.6 Å².